The molecular formula is C18H22N6O3S. The SMILES string of the molecule is Cc1nc(S(=O)(=O)N2CCCC2CCc2noc(-c3ccncc3)n2)cn1C. The van der Waals surface area contributed by atoms with Gasteiger partial charge in [-0.2, -0.15) is 9.29 Å². The van der Waals surface area contributed by atoms with Crippen molar-refractivity contribution in [3.8, 4) is 11.5 Å². The Bertz CT molecular complexity index is 1040. The summed E-state index contributed by atoms with van der Waals surface area (Å²) in [6.45, 7) is 2.30. The second-order valence-electron chi connectivity index (χ2n) is 6.94. The second-order valence-corrected chi connectivity index (χ2v) is 8.78. The van der Waals surface area contributed by atoms with E-state index in [4.69, 9.17) is 4.52 Å². The number of rotatable bonds is 6. The maximum absolute atomic E-state index is 13.0. The Labute approximate surface area is 163 Å². The van der Waals surface area contributed by atoms with Crippen LogP contribution in [0.5, 0.6) is 0 Å². The highest BCUT2D eigenvalue weighted by atomic mass is 32.2. The number of hydrogen-bond donors (Lipinski definition) is 0. The summed E-state index contributed by atoms with van der Waals surface area (Å²) in [5.41, 5.74) is 0.810. The fourth-order valence-electron chi connectivity index (χ4n) is 3.45. The Balaban J connectivity index is 1.45. The fourth-order valence-corrected chi connectivity index (χ4v) is 5.20. The maximum Gasteiger partial charge on any atom is 0.262 e. The van der Waals surface area contributed by atoms with Crippen molar-refractivity contribution in [2.24, 2.45) is 7.05 Å². The summed E-state index contributed by atoms with van der Waals surface area (Å²) in [5, 5.41) is 4.13. The molecule has 28 heavy (non-hydrogen) atoms. The average Bonchev–Trinajstić information content (AvgIpc) is 3.42. The molecule has 4 rings (SSSR count). The summed E-state index contributed by atoms with van der Waals surface area (Å²) in [6, 6.07) is 3.52. The van der Waals surface area contributed by atoms with Crippen LogP contribution < -0.4 is 0 Å². The molecule has 0 saturated carbocycles. The van der Waals surface area contributed by atoms with Crippen molar-refractivity contribution in [3.05, 3.63) is 42.4 Å². The Hall–Kier alpha value is -2.59. The van der Waals surface area contributed by atoms with Gasteiger partial charge in [0.05, 0.1) is 0 Å². The van der Waals surface area contributed by atoms with Gasteiger partial charge in [-0.15, -0.1) is 0 Å². The molecule has 1 saturated heterocycles. The van der Waals surface area contributed by atoms with Crippen LogP contribution in [0.3, 0.4) is 0 Å². The lowest BCUT2D eigenvalue weighted by Gasteiger charge is -2.22. The van der Waals surface area contributed by atoms with E-state index in [2.05, 4.69) is 20.1 Å². The molecule has 1 atom stereocenters. The number of aromatic nitrogens is 5. The summed E-state index contributed by atoms with van der Waals surface area (Å²) in [6.07, 6.45) is 7.75. The van der Waals surface area contributed by atoms with Crippen molar-refractivity contribution in [2.75, 3.05) is 6.54 Å². The van der Waals surface area contributed by atoms with Crippen molar-refractivity contribution < 1.29 is 12.9 Å². The molecule has 148 valence electrons. The Morgan fingerprint density at radius 3 is 2.75 bits per heavy atom. The molecule has 0 aromatic carbocycles. The van der Waals surface area contributed by atoms with Crippen molar-refractivity contribution in [3.63, 3.8) is 0 Å². The molecule has 0 radical (unpaired) electrons. The maximum atomic E-state index is 13.0. The van der Waals surface area contributed by atoms with Crippen LogP contribution in [0.4, 0.5) is 0 Å². The van der Waals surface area contributed by atoms with Gasteiger partial charge in [0.15, 0.2) is 10.9 Å². The van der Waals surface area contributed by atoms with Crippen molar-refractivity contribution in [1.82, 2.24) is 29.0 Å². The largest absolute Gasteiger partial charge is 0.337 e. The first-order chi connectivity index (χ1) is 13.4. The van der Waals surface area contributed by atoms with Crippen LogP contribution in [0.15, 0.2) is 40.3 Å². The zero-order valence-corrected chi connectivity index (χ0v) is 16.6. The summed E-state index contributed by atoms with van der Waals surface area (Å²) >= 11 is 0. The van der Waals surface area contributed by atoms with Crippen LogP contribution in [-0.2, 0) is 23.5 Å². The zero-order chi connectivity index (χ0) is 19.7. The van der Waals surface area contributed by atoms with Gasteiger partial charge in [-0.25, -0.2) is 13.4 Å². The number of sulfonamides is 1. The molecule has 1 aliphatic heterocycles. The zero-order valence-electron chi connectivity index (χ0n) is 15.8. The topological polar surface area (TPSA) is 107 Å². The van der Waals surface area contributed by atoms with Gasteiger partial charge in [0.2, 0.25) is 0 Å². The highest BCUT2D eigenvalue weighted by Crippen LogP contribution is 2.28. The number of imidazole rings is 1. The van der Waals surface area contributed by atoms with Gasteiger partial charge in [-0.1, -0.05) is 5.16 Å². The van der Waals surface area contributed by atoms with Crippen molar-refractivity contribution in [1.29, 1.82) is 0 Å². The monoisotopic (exact) mass is 402 g/mol. The van der Waals surface area contributed by atoms with Crippen LogP contribution in [0.25, 0.3) is 11.5 Å². The minimum absolute atomic E-state index is 0.0878. The molecule has 1 aliphatic rings. The van der Waals surface area contributed by atoms with Crippen molar-refractivity contribution in [2.45, 2.75) is 43.7 Å². The molecule has 1 unspecified atom stereocenters. The molecule has 1 fully saturated rings. The van der Waals surface area contributed by atoms with E-state index in [1.54, 1.807) is 53.6 Å². The first-order valence-corrected chi connectivity index (χ1v) is 10.6. The normalized spacial score (nSPS) is 18.0. The highest BCUT2D eigenvalue weighted by Gasteiger charge is 2.36. The van der Waals surface area contributed by atoms with Gasteiger partial charge in [0.25, 0.3) is 15.9 Å². The van der Waals surface area contributed by atoms with Crippen molar-refractivity contribution >= 4 is 10.0 Å². The summed E-state index contributed by atoms with van der Waals surface area (Å²) < 4.78 is 34.6. The quantitative estimate of drug-likeness (QED) is 0.620. The Kier molecular flexibility index (Phi) is 4.98. The van der Waals surface area contributed by atoms with E-state index in [1.807, 2.05) is 0 Å². The van der Waals surface area contributed by atoms with E-state index >= 15 is 0 Å². The van der Waals surface area contributed by atoms with E-state index < -0.39 is 10.0 Å². The van der Waals surface area contributed by atoms with E-state index in [9.17, 15) is 8.42 Å². The first-order valence-electron chi connectivity index (χ1n) is 9.20. The average molecular weight is 402 g/mol. The molecule has 0 spiro atoms. The molecule has 3 aromatic heterocycles. The smallest absolute Gasteiger partial charge is 0.262 e. The third-order valence-electron chi connectivity index (χ3n) is 5.08. The van der Waals surface area contributed by atoms with E-state index in [-0.39, 0.29) is 11.1 Å². The molecule has 4 heterocycles. The lowest BCUT2D eigenvalue weighted by atomic mass is 10.1. The molecule has 9 nitrogen and oxygen atoms in total. The first kappa shape index (κ1) is 18.8. The molecule has 0 aliphatic carbocycles. The standard InChI is InChI=1S/C18H22N6O3S/c1-13-20-17(12-23(13)2)28(25,26)24-11-3-4-15(24)5-6-16-21-18(27-22-16)14-7-9-19-10-8-14/h7-10,12,15H,3-6,11H2,1-2H3. The Morgan fingerprint density at radius 2 is 2.04 bits per heavy atom. The molecular weight excluding hydrogens is 380 g/mol. The lowest BCUT2D eigenvalue weighted by molar-refractivity contribution is 0.363. The molecule has 10 heteroatoms. The van der Waals surface area contributed by atoms with Gasteiger partial charge in [0.1, 0.15) is 5.82 Å². The van der Waals surface area contributed by atoms with Crippen LogP contribution in [0, 0.1) is 6.92 Å². The number of pyridine rings is 1. The predicted molar refractivity (Wildman–Crippen MR) is 101 cm³/mol. The fraction of sp³-hybridized carbons (Fsp3) is 0.444. The van der Waals surface area contributed by atoms with E-state index in [0.717, 1.165) is 18.4 Å². The summed E-state index contributed by atoms with van der Waals surface area (Å²) in [5.74, 6) is 1.69. The highest BCUT2D eigenvalue weighted by molar-refractivity contribution is 7.89. The van der Waals surface area contributed by atoms with E-state index in [0.29, 0.717) is 36.9 Å². The van der Waals surface area contributed by atoms with E-state index in [1.165, 1.54) is 0 Å². The third-order valence-corrected chi connectivity index (χ3v) is 6.90. The third kappa shape index (κ3) is 3.57. The molecule has 0 bridgehead atoms. The number of hydrogen-bond acceptors (Lipinski definition) is 7. The summed E-state index contributed by atoms with van der Waals surface area (Å²) in [7, 11) is -1.81. The minimum Gasteiger partial charge on any atom is -0.337 e. The van der Waals surface area contributed by atoms with Crippen LogP contribution in [0.1, 0.15) is 30.9 Å². The molecule has 3 aromatic rings. The molecule has 0 N–H and O–H groups in total. The lowest BCUT2D eigenvalue weighted by Crippen LogP contribution is -2.36. The van der Waals surface area contributed by atoms with Crippen LogP contribution in [-0.4, -0.2) is 50.0 Å². The summed E-state index contributed by atoms with van der Waals surface area (Å²) in [4.78, 5) is 12.6. The number of nitrogens with zero attached hydrogens (tertiary/aromatic N) is 6. The van der Waals surface area contributed by atoms with Gasteiger partial charge >= 0.3 is 0 Å². The predicted octanol–water partition coefficient (Wildman–Crippen LogP) is 1.96. The number of aryl methyl sites for hydroxylation is 3. The van der Waals surface area contributed by atoms with Gasteiger partial charge in [-0.3, -0.25) is 4.98 Å². The second kappa shape index (κ2) is 7.44. The molecule has 0 amide bonds. The van der Waals surface area contributed by atoms with Gasteiger partial charge in [0, 0.05) is 50.2 Å². The van der Waals surface area contributed by atoms with Gasteiger partial charge < -0.3 is 9.09 Å². The van der Waals surface area contributed by atoms with Gasteiger partial charge in [-0.05, 0) is 38.3 Å². The Morgan fingerprint density at radius 1 is 1.25 bits per heavy atom. The minimum atomic E-state index is -3.60. The van der Waals surface area contributed by atoms with Crippen LogP contribution >= 0.6 is 0 Å². The van der Waals surface area contributed by atoms with Crippen LogP contribution in [0.2, 0.25) is 0 Å².